The number of anilines is 1. The first-order valence-electron chi connectivity index (χ1n) is 5.31. The summed E-state index contributed by atoms with van der Waals surface area (Å²) >= 11 is 1.65. The molecule has 2 amide bonds. The number of carbonyl (C=O) groups excluding carboxylic acids is 1. The lowest BCUT2D eigenvalue weighted by Crippen LogP contribution is -2.42. The third kappa shape index (κ3) is 2.94. The van der Waals surface area contributed by atoms with Crippen LogP contribution in [0.15, 0.2) is 11.4 Å². The Morgan fingerprint density at radius 3 is 3.00 bits per heavy atom. The molecule has 1 aliphatic heterocycles. The van der Waals surface area contributed by atoms with Gasteiger partial charge < -0.3 is 16.4 Å². The Bertz CT molecular complexity index is 359. The number of primary amides is 1. The number of urea groups is 1. The summed E-state index contributed by atoms with van der Waals surface area (Å²) in [6, 6.07) is 1.40. The fourth-order valence-electron chi connectivity index (χ4n) is 1.78. The molecule has 2 heterocycles. The highest BCUT2D eigenvalue weighted by atomic mass is 32.1. The highest BCUT2D eigenvalue weighted by Gasteiger charge is 2.13. The summed E-state index contributed by atoms with van der Waals surface area (Å²) in [5.41, 5.74) is 5.96. The van der Waals surface area contributed by atoms with Crippen LogP contribution in [0.3, 0.4) is 0 Å². The zero-order valence-electron chi connectivity index (χ0n) is 9.03. The topological polar surface area (TPSA) is 70.4 Å². The van der Waals surface area contributed by atoms with E-state index in [4.69, 9.17) is 5.73 Å². The molecule has 0 aliphatic carbocycles. The van der Waals surface area contributed by atoms with Crippen LogP contribution < -0.4 is 16.4 Å². The van der Waals surface area contributed by atoms with Crippen molar-refractivity contribution < 1.29 is 4.79 Å². The number of nitrogens with zero attached hydrogens (tertiary/aromatic N) is 1. The summed E-state index contributed by atoms with van der Waals surface area (Å²) in [6.07, 6.45) is 0. The standard InChI is InChI=1S/C10H16N4OS/c11-10(15)13-8-1-6-16-9(8)7-14-4-2-12-3-5-14/h1,6,12H,2-5,7H2,(H3,11,13,15). The van der Waals surface area contributed by atoms with Gasteiger partial charge in [0.05, 0.1) is 5.69 Å². The molecular formula is C10H16N4OS. The number of hydrogen-bond donors (Lipinski definition) is 3. The minimum atomic E-state index is -0.500. The van der Waals surface area contributed by atoms with E-state index in [9.17, 15) is 4.79 Å². The van der Waals surface area contributed by atoms with Crippen LogP contribution in [0.4, 0.5) is 10.5 Å². The van der Waals surface area contributed by atoms with Gasteiger partial charge in [-0.3, -0.25) is 4.90 Å². The molecule has 6 heteroatoms. The molecular weight excluding hydrogens is 224 g/mol. The molecule has 0 spiro atoms. The summed E-state index contributed by atoms with van der Waals surface area (Å²) in [6.45, 7) is 5.05. The van der Waals surface area contributed by atoms with E-state index in [1.165, 1.54) is 4.88 Å². The van der Waals surface area contributed by atoms with Gasteiger partial charge in [0.1, 0.15) is 0 Å². The normalized spacial score (nSPS) is 17.2. The Labute approximate surface area is 98.6 Å². The second-order valence-electron chi connectivity index (χ2n) is 3.77. The van der Waals surface area contributed by atoms with Gasteiger partial charge >= 0.3 is 6.03 Å². The van der Waals surface area contributed by atoms with Gasteiger partial charge in [0.15, 0.2) is 0 Å². The second kappa shape index (κ2) is 5.29. The number of piperazine rings is 1. The summed E-state index contributed by atoms with van der Waals surface area (Å²) in [4.78, 5) is 14.3. The number of hydrogen-bond acceptors (Lipinski definition) is 4. The Morgan fingerprint density at radius 2 is 2.31 bits per heavy atom. The fraction of sp³-hybridized carbons (Fsp3) is 0.500. The van der Waals surface area contributed by atoms with Crippen molar-refractivity contribution in [3.8, 4) is 0 Å². The predicted molar refractivity (Wildman–Crippen MR) is 65.7 cm³/mol. The van der Waals surface area contributed by atoms with Crippen LogP contribution in [0, 0.1) is 0 Å². The molecule has 2 rings (SSSR count). The minimum absolute atomic E-state index is 0.500. The van der Waals surface area contributed by atoms with Gasteiger partial charge in [-0.05, 0) is 11.4 Å². The Balaban J connectivity index is 1.97. The average Bonchev–Trinajstić information content (AvgIpc) is 2.66. The average molecular weight is 240 g/mol. The molecule has 0 radical (unpaired) electrons. The first-order chi connectivity index (χ1) is 7.75. The molecule has 0 bridgehead atoms. The Hall–Kier alpha value is -1.11. The van der Waals surface area contributed by atoms with Crippen molar-refractivity contribution in [2.75, 3.05) is 31.5 Å². The van der Waals surface area contributed by atoms with Gasteiger partial charge in [0, 0.05) is 37.6 Å². The van der Waals surface area contributed by atoms with E-state index in [2.05, 4.69) is 15.5 Å². The molecule has 1 aliphatic rings. The molecule has 0 saturated carbocycles. The minimum Gasteiger partial charge on any atom is -0.351 e. The van der Waals surface area contributed by atoms with Crippen molar-refractivity contribution in [1.82, 2.24) is 10.2 Å². The largest absolute Gasteiger partial charge is 0.351 e. The molecule has 0 unspecified atom stereocenters. The van der Waals surface area contributed by atoms with E-state index in [1.54, 1.807) is 11.3 Å². The van der Waals surface area contributed by atoms with E-state index in [1.807, 2.05) is 11.4 Å². The smallest absolute Gasteiger partial charge is 0.316 e. The molecule has 16 heavy (non-hydrogen) atoms. The lowest BCUT2D eigenvalue weighted by molar-refractivity contribution is 0.235. The van der Waals surface area contributed by atoms with Crippen LogP contribution in [-0.2, 0) is 6.54 Å². The maximum atomic E-state index is 10.8. The van der Waals surface area contributed by atoms with Crippen LogP contribution in [0.25, 0.3) is 0 Å². The van der Waals surface area contributed by atoms with Crippen molar-refractivity contribution in [3.05, 3.63) is 16.3 Å². The van der Waals surface area contributed by atoms with Crippen molar-refractivity contribution in [3.63, 3.8) is 0 Å². The Morgan fingerprint density at radius 1 is 1.56 bits per heavy atom. The van der Waals surface area contributed by atoms with Crippen LogP contribution >= 0.6 is 11.3 Å². The maximum Gasteiger partial charge on any atom is 0.316 e. The fourth-order valence-corrected chi connectivity index (χ4v) is 2.65. The Kier molecular flexibility index (Phi) is 3.76. The van der Waals surface area contributed by atoms with Gasteiger partial charge in [-0.2, -0.15) is 0 Å². The summed E-state index contributed by atoms with van der Waals surface area (Å²) in [7, 11) is 0. The first-order valence-corrected chi connectivity index (χ1v) is 6.19. The zero-order chi connectivity index (χ0) is 11.4. The van der Waals surface area contributed by atoms with Crippen LogP contribution in [0.5, 0.6) is 0 Å². The quantitative estimate of drug-likeness (QED) is 0.726. The number of thiophene rings is 1. The molecule has 1 fully saturated rings. The van der Waals surface area contributed by atoms with E-state index >= 15 is 0 Å². The number of nitrogens with two attached hydrogens (primary N) is 1. The SMILES string of the molecule is NC(=O)Nc1ccsc1CN1CCNCC1. The monoisotopic (exact) mass is 240 g/mol. The lowest BCUT2D eigenvalue weighted by Gasteiger charge is -2.26. The number of nitrogens with one attached hydrogen (secondary N) is 2. The molecule has 1 aromatic rings. The molecule has 5 nitrogen and oxygen atoms in total. The van der Waals surface area contributed by atoms with Crippen molar-refractivity contribution in [1.29, 1.82) is 0 Å². The van der Waals surface area contributed by atoms with E-state index in [-0.39, 0.29) is 0 Å². The second-order valence-corrected chi connectivity index (χ2v) is 4.77. The third-order valence-corrected chi connectivity index (χ3v) is 3.49. The maximum absolute atomic E-state index is 10.8. The zero-order valence-corrected chi connectivity index (χ0v) is 9.85. The predicted octanol–water partition coefficient (Wildman–Crippen LogP) is 0.644. The van der Waals surface area contributed by atoms with Crippen LogP contribution in [0.2, 0.25) is 0 Å². The van der Waals surface area contributed by atoms with E-state index in [0.29, 0.717) is 0 Å². The molecule has 4 N–H and O–H groups in total. The number of carbonyl (C=O) groups is 1. The highest BCUT2D eigenvalue weighted by molar-refractivity contribution is 7.10. The molecule has 0 aromatic carbocycles. The van der Waals surface area contributed by atoms with Crippen molar-refractivity contribution >= 4 is 23.1 Å². The molecule has 1 saturated heterocycles. The molecule has 0 atom stereocenters. The lowest BCUT2D eigenvalue weighted by atomic mass is 10.3. The van der Waals surface area contributed by atoms with Crippen molar-refractivity contribution in [2.24, 2.45) is 5.73 Å². The van der Waals surface area contributed by atoms with Gasteiger partial charge in [-0.25, -0.2) is 4.79 Å². The van der Waals surface area contributed by atoms with Gasteiger partial charge in [0.25, 0.3) is 0 Å². The van der Waals surface area contributed by atoms with Gasteiger partial charge in [0.2, 0.25) is 0 Å². The van der Waals surface area contributed by atoms with Crippen LogP contribution in [0.1, 0.15) is 4.88 Å². The van der Waals surface area contributed by atoms with E-state index in [0.717, 1.165) is 38.4 Å². The summed E-state index contributed by atoms with van der Waals surface area (Å²) in [5, 5.41) is 7.94. The molecule has 1 aromatic heterocycles. The van der Waals surface area contributed by atoms with Gasteiger partial charge in [-0.15, -0.1) is 11.3 Å². The van der Waals surface area contributed by atoms with Gasteiger partial charge in [-0.1, -0.05) is 0 Å². The summed E-state index contributed by atoms with van der Waals surface area (Å²) in [5.74, 6) is 0. The molecule has 88 valence electrons. The number of rotatable bonds is 3. The number of amides is 2. The highest BCUT2D eigenvalue weighted by Crippen LogP contribution is 2.23. The van der Waals surface area contributed by atoms with E-state index < -0.39 is 6.03 Å². The third-order valence-electron chi connectivity index (χ3n) is 2.58. The van der Waals surface area contributed by atoms with Crippen LogP contribution in [-0.4, -0.2) is 37.1 Å². The first kappa shape index (κ1) is 11.4. The summed E-state index contributed by atoms with van der Waals surface area (Å²) < 4.78 is 0. The van der Waals surface area contributed by atoms with Crippen molar-refractivity contribution in [2.45, 2.75) is 6.54 Å².